The molecule has 4 heteroatoms. The molecule has 114 valence electrons. The standard InChI is InChI=1S/C16H27FN2S/c1-13(10-12-20-4)19(3)11-9-16(18-2)14-5-7-15(17)8-6-14/h5-8,13,16,18H,9-12H2,1-4H3. The molecule has 0 aromatic heterocycles. The van der Waals surface area contributed by atoms with Gasteiger partial charge in [-0.15, -0.1) is 0 Å². The van der Waals surface area contributed by atoms with E-state index in [1.165, 1.54) is 24.3 Å². The first-order valence-corrected chi connectivity index (χ1v) is 8.59. The van der Waals surface area contributed by atoms with Gasteiger partial charge in [-0.25, -0.2) is 4.39 Å². The molecule has 1 aromatic rings. The van der Waals surface area contributed by atoms with Crippen LogP contribution in [0.3, 0.4) is 0 Å². The molecule has 0 amide bonds. The summed E-state index contributed by atoms with van der Waals surface area (Å²) >= 11 is 1.90. The van der Waals surface area contributed by atoms with Crippen LogP contribution < -0.4 is 5.32 Å². The Labute approximate surface area is 127 Å². The zero-order chi connectivity index (χ0) is 15.0. The molecule has 0 spiro atoms. The molecule has 0 radical (unpaired) electrons. The van der Waals surface area contributed by atoms with Crippen LogP contribution in [0.5, 0.6) is 0 Å². The molecule has 2 nitrogen and oxygen atoms in total. The summed E-state index contributed by atoms with van der Waals surface area (Å²) in [5.74, 6) is 1.03. The van der Waals surface area contributed by atoms with Gasteiger partial charge in [0.25, 0.3) is 0 Å². The van der Waals surface area contributed by atoms with Crippen molar-refractivity contribution in [3.8, 4) is 0 Å². The van der Waals surface area contributed by atoms with E-state index in [-0.39, 0.29) is 11.9 Å². The Morgan fingerprint density at radius 1 is 1.25 bits per heavy atom. The molecule has 0 saturated heterocycles. The molecule has 0 saturated carbocycles. The molecule has 0 aliphatic carbocycles. The summed E-state index contributed by atoms with van der Waals surface area (Å²) in [6.45, 7) is 3.32. The number of halogens is 1. The molecule has 0 heterocycles. The van der Waals surface area contributed by atoms with Crippen LogP contribution in [0.1, 0.15) is 31.4 Å². The predicted octanol–water partition coefficient (Wildman–Crippen LogP) is 3.55. The molecule has 0 bridgehead atoms. The number of rotatable bonds is 9. The van der Waals surface area contributed by atoms with Gasteiger partial charge in [0.05, 0.1) is 0 Å². The molecular formula is C16H27FN2S. The van der Waals surface area contributed by atoms with E-state index in [9.17, 15) is 4.39 Å². The molecule has 0 aliphatic heterocycles. The lowest BCUT2D eigenvalue weighted by Crippen LogP contribution is -2.32. The summed E-state index contributed by atoms with van der Waals surface area (Å²) in [6, 6.07) is 7.69. The Morgan fingerprint density at radius 3 is 2.45 bits per heavy atom. The van der Waals surface area contributed by atoms with Gasteiger partial charge in [-0.05, 0) is 70.1 Å². The summed E-state index contributed by atoms with van der Waals surface area (Å²) in [5, 5.41) is 3.32. The largest absolute Gasteiger partial charge is 0.313 e. The minimum Gasteiger partial charge on any atom is -0.313 e. The van der Waals surface area contributed by atoms with Crippen LogP contribution in [0.15, 0.2) is 24.3 Å². The fourth-order valence-corrected chi connectivity index (χ4v) is 2.81. The predicted molar refractivity (Wildman–Crippen MR) is 87.9 cm³/mol. The summed E-state index contributed by atoms with van der Waals surface area (Å²) in [4.78, 5) is 2.41. The number of nitrogens with zero attached hydrogens (tertiary/aromatic N) is 1. The highest BCUT2D eigenvalue weighted by atomic mass is 32.2. The van der Waals surface area contributed by atoms with Crippen molar-refractivity contribution >= 4 is 11.8 Å². The molecule has 0 aliphatic rings. The van der Waals surface area contributed by atoms with Gasteiger partial charge in [0.1, 0.15) is 5.82 Å². The van der Waals surface area contributed by atoms with Gasteiger partial charge in [-0.2, -0.15) is 11.8 Å². The first kappa shape index (κ1) is 17.5. The second-order valence-electron chi connectivity index (χ2n) is 5.29. The molecule has 20 heavy (non-hydrogen) atoms. The maximum absolute atomic E-state index is 13.0. The molecule has 1 N–H and O–H groups in total. The zero-order valence-electron chi connectivity index (χ0n) is 13.0. The summed E-state index contributed by atoms with van der Waals surface area (Å²) in [6.07, 6.45) is 4.40. The van der Waals surface area contributed by atoms with E-state index in [1.807, 2.05) is 30.9 Å². The van der Waals surface area contributed by atoms with Crippen LogP contribution in [0, 0.1) is 5.82 Å². The first-order valence-electron chi connectivity index (χ1n) is 7.20. The van der Waals surface area contributed by atoms with Gasteiger partial charge in [0.15, 0.2) is 0 Å². The topological polar surface area (TPSA) is 15.3 Å². The lowest BCUT2D eigenvalue weighted by Gasteiger charge is -2.27. The van der Waals surface area contributed by atoms with E-state index in [1.54, 1.807) is 0 Å². The highest BCUT2D eigenvalue weighted by molar-refractivity contribution is 7.98. The molecule has 2 atom stereocenters. The van der Waals surface area contributed by atoms with Crippen LogP contribution in [-0.4, -0.2) is 43.6 Å². The van der Waals surface area contributed by atoms with Crippen molar-refractivity contribution in [1.82, 2.24) is 10.2 Å². The molecule has 2 unspecified atom stereocenters. The Balaban J connectivity index is 2.46. The normalized spacial score (nSPS) is 14.5. The van der Waals surface area contributed by atoms with Gasteiger partial charge in [0, 0.05) is 12.1 Å². The number of nitrogens with one attached hydrogen (secondary N) is 1. The third-order valence-corrected chi connectivity index (χ3v) is 4.53. The van der Waals surface area contributed by atoms with Crippen molar-refractivity contribution in [3.63, 3.8) is 0 Å². The summed E-state index contributed by atoms with van der Waals surface area (Å²) < 4.78 is 13.0. The average molecular weight is 298 g/mol. The third-order valence-electron chi connectivity index (χ3n) is 3.88. The van der Waals surface area contributed by atoms with E-state index < -0.39 is 0 Å². The molecule has 0 fully saturated rings. The summed E-state index contributed by atoms with van der Waals surface area (Å²) in [5.41, 5.74) is 1.15. The van der Waals surface area contributed by atoms with Gasteiger partial charge in [-0.1, -0.05) is 12.1 Å². The Hall–Kier alpha value is -0.580. The molecule has 1 rings (SSSR count). The second kappa shape index (κ2) is 9.37. The van der Waals surface area contributed by atoms with Crippen LogP contribution in [0.2, 0.25) is 0 Å². The number of hydrogen-bond acceptors (Lipinski definition) is 3. The van der Waals surface area contributed by atoms with Crippen LogP contribution in [-0.2, 0) is 0 Å². The van der Waals surface area contributed by atoms with Gasteiger partial charge >= 0.3 is 0 Å². The number of hydrogen-bond donors (Lipinski definition) is 1. The average Bonchev–Trinajstić information content (AvgIpc) is 2.46. The molecular weight excluding hydrogens is 271 g/mol. The fourth-order valence-electron chi connectivity index (χ4n) is 2.23. The Morgan fingerprint density at radius 2 is 1.90 bits per heavy atom. The fraction of sp³-hybridized carbons (Fsp3) is 0.625. The van der Waals surface area contributed by atoms with Crippen LogP contribution >= 0.6 is 11.8 Å². The maximum Gasteiger partial charge on any atom is 0.123 e. The van der Waals surface area contributed by atoms with E-state index in [4.69, 9.17) is 0 Å². The van der Waals surface area contributed by atoms with Crippen molar-refractivity contribution in [2.75, 3.05) is 32.6 Å². The van der Waals surface area contributed by atoms with Gasteiger partial charge in [-0.3, -0.25) is 0 Å². The molecule has 1 aromatic carbocycles. The van der Waals surface area contributed by atoms with Crippen LogP contribution in [0.25, 0.3) is 0 Å². The van der Waals surface area contributed by atoms with Crippen molar-refractivity contribution < 1.29 is 4.39 Å². The van der Waals surface area contributed by atoms with Crippen molar-refractivity contribution in [2.45, 2.75) is 31.8 Å². The highest BCUT2D eigenvalue weighted by Crippen LogP contribution is 2.18. The zero-order valence-corrected chi connectivity index (χ0v) is 13.8. The Bertz CT molecular complexity index is 369. The lowest BCUT2D eigenvalue weighted by atomic mass is 10.0. The van der Waals surface area contributed by atoms with E-state index in [0.29, 0.717) is 6.04 Å². The maximum atomic E-state index is 13.0. The quantitative estimate of drug-likeness (QED) is 0.750. The minimum atomic E-state index is -0.175. The SMILES string of the molecule is CNC(CCN(C)C(C)CCSC)c1ccc(F)cc1. The van der Waals surface area contributed by atoms with Gasteiger partial charge in [0.2, 0.25) is 0 Å². The monoisotopic (exact) mass is 298 g/mol. The minimum absolute atomic E-state index is 0.175. The lowest BCUT2D eigenvalue weighted by molar-refractivity contribution is 0.240. The second-order valence-corrected chi connectivity index (χ2v) is 6.28. The number of thioether (sulfide) groups is 1. The third kappa shape index (κ3) is 5.81. The first-order chi connectivity index (χ1) is 9.58. The highest BCUT2D eigenvalue weighted by Gasteiger charge is 2.13. The van der Waals surface area contributed by atoms with Crippen LogP contribution in [0.4, 0.5) is 4.39 Å². The van der Waals surface area contributed by atoms with Gasteiger partial charge < -0.3 is 10.2 Å². The van der Waals surface area contributed by atoms with Crippen molar-refractivity contribution in [3.05, 3.63) is 35.6 Å². The Kier molecular flexibility index (Phi) is 8.19. The smallest absolute Gasteiger partial charge is 0.123 e. The van der Waals surface area contributed by atoms with E-state index >= 15 is 0 Å². The van der Waals surface area contributed by atoms with Crippen molar-refractivity contribution in [2.24, 2.45) is 0 Å². The van der Waals surface area contributed by atoms with E-state index in [0.717, 1.165) is 18.5 Å². The summed E-state index contributed by atoms with van der Waals surface area (Å²) in [7, 11) is 4.15. The van der Waals surface area contributed by atoms with E-state index in [2.05, 4.69) is 30.4 Å². The van der Waals surface area contributed by atoms with Crippen molar-refractivity contribution in [1.29, 1.82) is 0 Å². The number of benzene rings is 1.